The van der Waals surface area contributed by atoms with Crippen LogP contribution in [0.1, 0.15) is 17.3 Å². The van der Waals surface area contributed by atoms with Crippen LogP contribution < -0.4 is 15.5 Å². The summed E-state index contributed by atoms with van der Waals surface area (Å²) in [5.74, 6) is -0.262. The molecular weight excluding hydrogens is 460 g/mol. The van der Waals surface area contributed by atoms with Gasteiger partial charge in [0.2, 0.25) is 0 Å². The first-order valence-corrected chi connectivity index (χ1v) is 10.7. The molecule has 2 aromatic carbocycles. The molecule has 2 N–H and O–H groups in total. The molecule has 1 heterocycles. The SMILES string of the molecule is CCN1CCN(c2ccc(NC(=S)NC(=O)c3ccc(Br)cc3)cc2Cl)CC1. The van der Waals surface area contributed by atoms with Gasteiger partial charge in [0.05, 0.1) is 10.7 Å². The Hall–Kier alpha value is -1.67. The largest absolute Gasteiger partial charge is 0.368 e. The Balaban J connectivity index is 1.58. The zero-order valence-electron chi connectivity index (χ0n) is 15.5. The Kier molecular flexibility index (Phi) is 7.29. The van der Waals surface area contributed by atoms with Crippen LogP contribution >= 0.6 is 39.7 Å². The average Bonchev–Trinajstić information content (AvgIpc) is 2.68. The van der Waals surface area contributed by atoms with Crippen molar-refractivity contribution in [2.24, 2.45) is 0 Å². The number of carbonyl (C=O) groups excluding carboxylic acids is 1. The molecule has 2 aromatic rings. The summed E-state index contributed by atoms with van der Waals surface area (Å²) in [4.78, 5) is 17.0. The second-order valence-corrected chi connectivity index (χ2v) is 8.23. The van der Waals surface area contributed by atoms with E-state index < -0.39 is 0 Å². The van der Waals surface area contributed by atoms with Crippen molar-refractivity contribution < 1.29 is 4.79 Å². The number of hydrogen-bond donors (Lipinski definition) is 2. The van der Waals surface area contributed by atoms with Gasteiger partial charge in [-0.1, -0.05) is 34.5 Å². The van der Waals surface area contributed by atoms with Crippen LogP contribution in [-0.2, 0) is 0 Å². The van der Waals surface area contributed by atoms with Gasteiger partial charge in [0.15, 0.2) is 5.11 Å². The minimum Gasteiger partial charge on any atom is -0.368 e. The summed E-state index contributed by atoms with van der Waals surface area (Å²) in [6.07, 6.45) is 0. The minimum atomic E-state index is -0.262. The highest BCUT2D eigenvalue weighted by Crippen LogP contribution is 2.29. The zero-order valence-corrected chi connectivity index (χ0v) is 18.7. The summed E-state index contributed by atoms with van der Waals surface area (Å²) in [6, 6.07) is 12.8. The molecule has 1 fully saturated rings. The van der Waals surface area contributed by atoms with Crippen molar-refractivity contribution in [1.29, 1.82) is 0 Å². The third kappa shape index (κ3) is 5.44. The van der Waals surface area contributed by atoms with Crippen molar-refractivity contribution >= 4 is 62.1 Å². The van der Waals surface area contributed by atoms with E-state index in [1.807, 2.05) is 30.3 Å². The molecule has 28 heavy (non-hydrogen) atoms. The number of halogens is 2. The molecule has 0 aromatic heterocycles. The monoisotopic (exact) mass is 480 g/mol. The van der Waals surface area contributed by atoms with Crippen molar-refractivity contribution in [3.63, 3.8) is 0 Å². The van der Waals surface area contributed by atoms with Crippen LogP contribution in [-0.4, -0.2) is 48.6 Å². The summed E-state index contributed by atoms with van der Waals surface area (Å²) < 4.78 is 0.913. The highest BCUT2D eigenvalue weighted by atomic mass is 79.9. The number of nitrogens with one attached hydrogen (secondary N) is 2. The van der Waals surface area contributed by atoms with Crippen LogP contribution in [0.25, 0.3) is 0 Å². The van der Waals surface area contributed by atoms with Crippen molar-refractivity contribution in [3.8, 4) is 0 Å². The number of piperazine rings is 1. The molecule has 0 atom stereocenters. The van der Waals surface area contributed by atoms with Gasteiger partial charge in [0.25, 0.3) is 5.91 Å². The first-order valence-electron chi connectivity index (χ1n) is 9.11. The standard InChI is InChI=1S/C20H22BrClN4OS/c1-2-25-9-11-26(12-10-25)18-8-7-16(13-17(18)22)23-20(28)24-19(27)14-3-5-15(21)6-4-14/h3-8,13H,2,9-12H2,1H3,(H2,23,24,27,28). The van der Waals surface area contributed by atoms with Crippen LogP contribution in [0.5, 0.6) is 0 Å². The first-order chi connectivity index (χ1) is 13.5. The fourth-order valence-corrected chi connectivity index (χ4v) is 3.86. The number of thiocarbonyl (C=S) groups is 1. The Morgan fingerprint density at radius 3 is 2.43 bits per heavy atom. The van der Waals surface area contributed by atoms with Gasteiger partial charge in [-0.25, -0.2) is 0 Å². The lowest BCUT2D eigenvalue weighted by molar-refractivity contribution is 0.0977. The topological polar surface area (TPSA) is 47.6 Å². The molecule has 1 amide bonds. The smallest absolute Gasteiger partial charge is 0.257 e. The third-order valence-electron chi connectivity index (χ3n) is 4.70. The minimum absolute atomic E-state index is 0.230. The van der Waals surface area contributed by atoms with Crippen LogP contribution in [0.3, 0.4) is 0 Å². The predicted molar refractivity (Wildman–Crippen MR) is 124 cm³/mol. The Labute approximate surface area is 184 Å². The van der Waals surface area contributed by atoms with Crippen molar-refractivity contribution in [2.45, 2.75) is 6.92 Å². The number of anilines is 2. The van der Waals surface area contributed by atoms with Gasteiger partial charge >= 0.3 is 0 Å². The lowest BCUT2D eigenvalue weighted by Crippen LogP contribution is -2.46. The van der Waals surface area contributed by atoms with E-state index in [0.29, 0.717) is 10.6 Å². The average molecular weight is 482 g/mol. The lowest BCUT2D eigenvalue weighted by Gasteiger charge is -2.36. The molecule has 0 saturated carbocycles. The second kappa shape index (κ2) is 9.69. The number of nitrogens with zero attached hydrogens (tertiary/aromatic N) is 2. The number of rotatable bonds is 4. The molecule has 0 bridgehead atoms. The molecular formula is C20H22BrClN4OS. The maximum absolute atomic E-state index is 12.2. The number of benzene rings is 2. The molecule has 1 aliphatic rings. The maximum atomic E-state index is 12.2. The van der Waals surface area contributed by atoms with Gasteiger partial charge in [-0.2, -0.15) is 0 Å². The van der Waals surface area contributed by atoms with Gasteiger partial charge in [-0.05, 0) is 61.2 Å². The van der Waals surface area contributed by atoms with E-state index in [2.05, 4.69) is 43.3 Å². The van der Waals surface area contributed by atoms with Gasteiger partial charge < -0.3 is 15.1 Å². The molecule has 3 rings (SSSR count). The van der Waals surface area contributed by atoms with Crippen LogP contribution in [0, 0.1) is 0 Å². The Morgan fingerprint density at radius 2 is 1.82 bits per heavy atom. The molecule has 0 aliphatic carbocycles. The van der Waals surface area contributed by atoms with E-state index in [4.69, 9.17) is 23.8 Å². The van der Waals surface area contributed by atoms with Crippen molar-refractivity contribution in [1.82, 2.24) is 10.2 Å². The maximum Gasteiger partial charge on any atom is 0.257 e. The van der Waals surface area contributed by atoms with Crippen molar-refractivity contribution in [2.75, 3.05) is 42.9 Å². The summed E-state index contributed by atoms with van der Waals surface area (Å²) in [5, 5.41) is 6.59. The van der Waals surface area contributed by atoms with E-state index in [-0.39, 0.29) is 11.0 Å². The highest BCUT2D eigenvalue weighted by molar-refractivity contribution is 9.10. The van der Waals surface area contributed by atoms with E-state index in [1.54, 1.807) is 12.1 Å². The highest BCUT2D eigenvalue weighted by Gasteiger charge is 2.18. The quantitative estimate of drug-likeness (QED) is 0.635. The molecule has 0 unspecified atom stereocenters. The van der Waals surface area contributed by atoms with E-state index in [9.17, 15) is 4.79 Å². The van der Waals surface area contributed by atoms with Gasteiger partial charge in [0.1, 0.15) is 0 Å². The van der Waals surface area contributed by atoms with Crippen LogP contribution in [0.15, 0.2) is 46.9 Å². The lowest BCUT2D eigenvalue weighted by atomic mass is 10.2. The van der Waals surface area contributed by atoms with E-state index >= 15 is 0 Å². The van der Waals surface area contributed by atoms with Gasteiger partial charge in [-0.15, -0.1) is 0 Å². The first kappa shape index (κ1) is 21.0. The summed E-state index contributed by atoms with van der Waals surface area (Å²) in [5.41, 5.74) is 2.29. The van der Waals surface area contributed by atoms with Gasteiger partial charge in [-0.3, -0.25) is 10.1 Å². The molecule has 148 valence electrons. The number of hydrogen-bond acceptors (Lipinski definition) is 4. The Morgan fingerprint density at radius 1 is 1.14 bits per heavy atom. The summed E-state index contributed by atoms with van der Waals surface area (Å²) >= 11 is 15.1. The third-order valence-corrected chi connectivity index (χ3v) is 5.73. The van der Waals surface area contributed by atoms with E-state index in [0.717, 1.165) is 48.6 Å². The van der Waals surface area contributed by atoms with E-state index in [1.165, 1.54) is 0 Å². The van der Waals surface area contributed by atoms with Crippen LogP contribution in [0.4, 0.5) is 11.4 Å². The molecule has 0 spiro atoms. The normalized spacial score (nSPS) is 14.6. The van der Waals surface area contributed by atoms with Gasteiger partial charge in [0, 0.05) is 41.9 Å². The number of likely N-dealkylation sites (N-methyl/N-ethyl adjacent to an activating group) is 1. The summed E-state index contributed by atoms with van der Waals surface area (Å²) in [6.45, 7) is 7.26. The fraction of sp³-hybridized carbons (Fsp3) is 0.300. The fourth-order valence-electron chi connectivity index (χ4n) is 3.09. The summed E-state index contributed by atoms with van der Waals surface area (Å²) in [7, 11) is 0. The molecule has 1 aliphatic heterocycles. The number of carbonyl (C=O) groups is 1. The predicted octanol–water partition coefficient (Wildman–Crippen LogP) is 4.37. The van der Waals surface area contributed by atoms with Crippen LogP contribution in [0.2, 0.25) is 5.02 Å². The number of amides is 1. The Bertz CT molecular complexity index is 854. The zero-order chi connectivity index (χ0) is 20.1. The molecule has 1 saturated heterocycles. The molecule has 0 radical (unpaired) electrons. The second-order valence-electron chi connectivity index (χ2n) is 6.50. The molecule has 5 nitrogen and oxygen atoms in total. The molecule has 8 heteroatoms. The van der Waals surface area contributed by atoms with Crippen molar-refractivity contribution in [3.05, 3.63) is 57.5 Å².